The molecule has 6 heteroatoms. The van der Waals surface area contributed by atoms with E-state index in [9.17, 15) is 9.59 Å². The second-order valence-corrected chi connectivity index (χ2v) is 7.69. The Balaban J connectivity index is 2.11. The highest BCUT2D eigenvalue weighted by Crippen LogP contribution is 2.25. The van der Waals surface area contributed by atoms with Gasteiger partial charge in [0.2, 0.25) is 11.8 Å². The molecule has 1 aromatic rings. The van der Waals surface area contributed by atoms with E-state index in [4.69, 9.17) is 0 Å². The van der Waals surface area contributed by atoms with Crippen LogP contribution in [0.5, 0.6) is 0 Å². The van der Waals surface area contributed by atoms with Gasteiger partial charge in [-0.1, -0.05) is 20.8 Å². The van der Waals surface area contributed by atoms with E-state index in [2.05, 4.69) is 10.3 Å². The molecule has 2 amide bonds. The third-order valence-electron chi connectivity index (χ3n) is 3.81. The van der Waals surface area contributed by atoms with E-state index in [1.54, 1.807) is 23.2 Å². The maximum Gasteiger partial charge on any atom is 0.246 e. The molecule has 116 valence electrons. The van der Waals surface area contributed by atoms with Crippen LogP contribution >= 0.6 is 11.3 Å². The van der Waals surface area contributed by atoms with Gasteiger partial charge < -0.3 is 10.2 Å². The number of aryl methyl sites for hydroxylation is 1. The minimum Gasteiger partial charge on any atom is -0.342 e. The van der Waals surface area contributed by atoms with Gasteiger partial charge in [0.1, 0.15) is 12.1 Å². The molecule has 2 heterocycles. The van der Waals surface area contributed by atoms with Gasteiger partial charge in [-0.05, 0) is 19.3 Å². The van der Waals surface area contributed by atoms with Crippen molar-refractivity contribution < 1.29 is 9.59 Å². The number of hydrogen-bond acceptors (Lipinski definition) is 4. The normalized spacial score (nSPS) is 23.4. The van der Waals surface area contributed by atoms with E-state index < -0.39 is 12.1 Å². The molecule has 0 radical (unpaired) electrons. The van der Waals surface area contributed by atoms with Crippen molar-refractivity contribution >= 4 is 23.2 Å². The van der Waals surface area contributed by atoms with Gasteiger partial charge in [0, 0.05) is 18.3 Å². The largest absolute Gasteiger partial charge is 0.342 e. The van der Waals surface area contributed by atoms with Gasteiger partial charge in [0.05, 0.1) is 10.7 Å². The second kappa shape index (κ2) is 5.75. The number of nitrogens with one attached hydrogen (secondary N) is 1. The molecule has 1 aromatic heterocycles. The van der Waals surface area contributed by atoms with Gasteiger partial charge in [-0.25, -0.2) is 4.98 Å². The zero-order valence-electron chi connectivity index (χ0n) is 13.3. The van der Waals surface area contributed by atoms with Crippen LogP contribution in [-0.4, -0.2) is 40.3 Å². The molecule has 1 aliphatic rings. The molecule has 0 bridgehead atoms. The molecule has 0 spiro atoms. The van der Waals surface area contributed by atoms with Gasteiger partial charge in [0.15, 0.2) is 0 Å². The molecule has 1 fully saturated rings. The Kier molecular flexibility index (Phi) is 4.37. The highest BCUT2D eigenvalue weighted by atomic mass is 32.1. The van der Waals surface area contributed by atoms with Crippen LogP contribution in [0.25, 0.3) is 0 Å². The summed E-state index contributed by atoms with van der Waals surface area (Å²) < 4.78 is 0. The van der Waals surface area contributed by atoms with Crippen LogP contribution in [0.15, 0.2) is 5.38 Å². The molecular weight excluding hydrogens is 286 g/mol. The molecule has 21 heavy (non-hydrogen) atoms. The average Bonchev–Trinajstić information content (AvgIpc) is 2.78. The summed E-state index contributed by atoms with van der Waals surface area (Å²) in [5.74, 6) is -0.0782. The first kappa shape index (κ1) is 15.9. The Morgan fingerprint density at radius 1 is 1.38 bits per heavy atom. The van der Waals surface area contributed by atoms with E-state index in [-0.39, 0.29) is 17.2 Å². The number of amides is 2. The number of piperazine rings is 1. The van der Waals surface area contributed by atoms with Crippen LogP contribution < -0.4 is 5.32 Å². The van der Waals surface area contributed by atoms with Crippen molar-refractivity contribution in [3.05, 3.63) is 16.1 Å². The summed E-state index contributed by atoms with van der Waals surface area (Å²) in [4.78, 5) is 30.8. The fraction of sp³-hybridized carbons (Fsp3) is 0.667. The van der Waals surface area contributed by atoms with Gasteiger partial charge in [0.25, 0.3) is 0 Å². The molecule has 2 unspecified atom stereocenters. The summed E-state index contributed by atoms with van der Waals surface area (Å²) in [6, 6.07) is -0.880. The van der Waals surface area contributed by atoms with E-state index in [0.717, 1.165) is 10.7 Å². The highest BCUT2D eigenvalue weighted by molar-refractivity contribution is 7.09. The lowest BCUT2D eigenvalue weighted by molar-refractivity contribution is -0.151. The van der Waals surface area contributed by atoms with Crippen molar-refractivity contribution in [2.75, 3.05) is 6.54 Å². The van der Waals surface area contributed by atoms with Crippen molar-refractivity contribution in [3.63, 3.8) is 0 Å². The van der Waals surface area contributed by atoms with Crippen LogP contribution in [0.2, 0.25) is 0 Å². The average molecular weight is 309 g/mol. The first-order valence-corrected chi connectivity index (χ1v) is 8.10. The van der Waals surface area contributed by atoms with Gasteiger partial charge >= 0.3 is 0 Å². The summed E-state index contributed by atoms with van der Waals surface area (Å²) in [5, 5.41) is 5.88. The number of hydrogen-bond donors (Lipinski definition) is 1. The summed E-state index contributed by atoms with van der Waals surface area (Å²) in [5.41, 5.74) is 0.693. The van der Waals surface area contributed by atoms with Crippen LogP contribution in [0.4, 0.5) is 0 Å². The van der Waals surface area contributed by atoms with Crippen molar-refractivity contribution in [1.82, 2.24) is 15.2 Å². The third kappa shape index (κ3) is 3.43. The van der Waals surface area contributed by atoms with E-state index in [1.807, 2.05) is 33.1 Å². The van der Waals surface area contributed by atoms with Crippen LogP contribution in [0, 0.1) is 12.3 Å². The Morgan fingerprint density at radius 3 is 2.57 bits per heavy atom. The topological polar surface area (TPSA) is 62.3 Å². The number of rotatable bonds is 3. The first-order valence-electron chi connectivity index (χ1n) is 7.22. The maximum atomic E-state index is 12.6. The summed E-state index contributed by atoms with van der Waals surface area (Å²) >= 11 is 1.60. The fourth-order valence-corrected chi connectivity index (χ4v) is 3.12. The Hall–Kier alpha value is -1.43. The maximum absolute atomic E-state index is 12.6. The molecule has 2 rings (SSSR count). The van der Waals surface area contributed by atoms with Crippen molar-refractivity contribution in [2.24, 2.45) is 5.41 Å². The van der Waals surface area contributed by atoms with Gasteiger partial charge in [-0.2, -0.15) is 0 Å². The lowest BCUT2D eigenvalue weighted by Crippen LogP contribution is -2.66. The molecule has 1 saturated heterocycles. The van der Waals surface area contributed by atoms with Gasteiger partial charge in [-0.15, -0.1) is 11.3 Å². The molecule has 0 aromatic carbocycles. The quantitative estimate of drug-likeness (QED) is 0.925. The van der Waals surface area contributed by atoms with Crippen molar-refractivity contribution in [3.8, 4) is 0 Å². The lowest BCUT2D eigenvalue weighted by atomic mass is 9.84. The standard InChI is InChI=1S/C15H23N3O2S/c1-9-13(19)17-12(15(3,4)5)14(20)18(9)7-6-11-8-21-10(2)16-11/h8-9,12H,6-7H2,1-5H3,(H,17,19). The summed E-state index contributed by atoms with van der Waals surface area (Å²) in [6.07, 6.45) is 0.685. The number of nitrogens with zero attached hydrogens (tertiary/aromatic N) is 2. The summed E-state index contributed by atoms with van der Waals surface area (Å²) in [7, 11) is 0. The lowest BCUT2D eigenvalue weighted by Gasteiger charge is -2.42. The number of carbonyl (C=O) groups is 2. The molecular formula is C15H23N3O2S. The van der Waals surface area contributed by atoms with Crippen LogP contribution in [0.1, 0.15) is 38.4 Å². The Bertz CT molecular complexity index is 547. The zero-order chi connectivity index (χ0) is 15.8. The van der Waals surface area contributed by atoms with Crippen molar-refractivity contribution in [2.45, 2.75) is 53.1 Å². The van der Waals surface area contributed by atoms with Gasteiger partial charge in [-0.3, -0.25) is 9.59 Å². The van der Waals surface area contributed by atoms with E-state index >= 15 is 0 Å². The SMILES string of the molecule is Cc1nc(CCN2C(=O)C(C(C)(C)C)NC(=O)C2C)cs1. The van der Waals surface area contributed by atoms with Crippen molar-refractivity contribution in [1.29, 1.82) is 0 Å². The molecule has 1 aliphatic heterocycles. The van der Waals surface area contributed by atoms with E-state index in [1.165, 1.54) is 0 Å². The Labute approximate surface area is 129 Å². The highest BCUT2D eigenvalue weighted by Gasteiger charge is 2.43. The fourth-order valence-electron chi connectivity index (χ4n) is 2.47. The predicted molar refractivity (Wildman–Crippen MR) is 83.1 cm³/mol. The first-order chi connectivity index (χ1) is 9.70. The number of carbonyl (C=O) groups excluding carboxylic acids is 2. The molecule has 1 N–H and O–H groups in total. The summed E-state index contributed by atoms with van der Waals surface area (Å²) in [6.45, 7) is 10.2. The van der Waals surface area contributed by atoms with Crippen LogP contribution in [-0.2, 0) is 16.0 Å². The zero-order valence-corrected chi connectivity index (χ0v) is 14.1. The monoisotopic (exact) mass is 309 g/mol. The molecule has 0 aliphatic carbocycles. The molecule has 0 saturated carbocycles. The van der Waals surface area contributed by atoms with Crippen LogP contribution in [0.3, 0.4) is 0 Å². The second-order valence-electron chi connectivity index (χ2n) is 6.62. The Morgan fingerprint density at radius 2 is 2.05 bits per heavy atom. The predicted octanol–water partition coefficient (Wildman–Crippen LogP) is 1.76. The van der Waals surface area contributed by atoms with E-state index in [0.29, 0.717) is 13.0 Å². The minimum absolute atomic E-state index is 0.00144. The number of thiazole rings is 1. The number of aromatic nitrogens is 1. The minimum atomic E-state index is -0.460. The molecule has 5 nitrogen and oxygen atoms in total. The third-order valence-corrected chi connectivity index (χ3v) is 4.63. The molecule has 2 atom stereocenters. The smallest absolute Gasteiger partial charge is 0.246 e.